The highest BCUT2D eigenvalue weighted by Gasteiger charge is 2.25. The van der Waals surface area contributed by atoms with Gasteiger partial charge in [-0.3, -0.25) is 4.79 Å². The highest BCUT2D eigenvalue weighted by atomic mass is 79.9. The Morgan fingerprint density at radius 2 is 2.03 bits per heavy atom. The molecule has 0 saturated carbocycles. The fourth-order valence-corrected chi connectivity index (χ4v) is 3.32. The number of hydrogen-bond acceptors (Lipinski definition) is 9. The van der Waals surface area contributed by atoms with Crippen molar-refractivity contribution in [1.29, 1.82) is 0 Å². The number of hydrazone groups is 1. The molecule has 2 heterocycles. The van der Waals surface area contributed by atoms with Gasteiger partial charge in [-0.1, -0.05) is 45.4 Å². The van der Waals surface area contributed by atoms with Gasteiger partial charge in [0.25, 0.3) is 5.91 Å². The van der Waals surface area contributed by atoms with Gasteiger partial charge in [0.1, 0.15) is 11.4 Å². The van der Waals surface area contributed by atoms with Crippen molar-refractivity contribution < 1.29 is 14.2 Å². The van der Waals surface area contributed by atoms with Crippen LogP contribution in [0, 0.1) is 0 Å². The van der Waals surface area contributed by atoms with Gasteiger partial charge in [0, 0.05) is 10.0 Å². The van der Waals surface area contributed by atoms with Crippen LogP contribution in [-0.4, -0.2) is 44.0 Å². The topological polar surface area (TPSA) is 146 Å². The van der Waals surface area contributed by atoms with Crippen LogP contribution in [0.2, 0.25) is 0 Å². The summed E-state index contributed by atoms with van der Waals surface area (Å²) in [5.74, 6) is 0.104. The highest BCUT2D eigenvalue weighted by Crippen LogP contribution is 2.29. The minimum atomic E-state index is -0.571. The van der Waals surface area contributed by atoms with Gasteiger partial charge >= 0.3 is 0 Å². The first-order valence-electron chi connectivity index (χ1n) is 9.27. The number of hydrogen-bond donors (Lipinski definition) is 2. The molecule has 0 bridgehead atoms. The Bertz CT molecular complexity index is 1310. The molecule has 0 radical (unpaired) electrons. The van der Waals surface area contributed by atoms with Gasteiger partial charge in [0.05, 0.1) is 12.8 Å². The molecule has 3 N–H and O–H groups in total. The average Bonchev–Trinajstić information content (AvgIpc) is 3.43. The van der Waals surface area contributed by atoms with Crippen molar-refractivity contribution in [3.63, 3.8) is 0 Å². The van der Waals surface area contributed by atoms with Crippen LogP contribution in [-0.2, 0) is 0 Å². The van der Waals surface area contributed by atoms with Gasteiger partial charge < -0.3 is 10.5 Å². The summed E-state index contributed by atoms with van der Waals surface area (Å²) < 4.78 is 12.2. The number of nitrogens with zero attached hydrogens (tertiary/aromatic N) is 6. The van der Waals surface area contributed by atoms with Crippen LogP contribution >= 0.6 is 15.9 Å². The molecule has 0 aliphatic heterocycles. The maximum absolute atomic E-state index is 13.0. The van der Waals surface area contributed by atoms with E-state index in [-0.39, 0.29) is 17.3 Å². The monoisotopic (exact) mass is 496 g/mol. The average molecular weight is 497 g/mol. The molecule has 32 heavy (non-hydrogen) atoms. The molecule has 0 unspecified atom stereocenters. The number of halogens is 1. The minimum absolute atomic E-state index is 0.00507. The fraction of sp³-hybridized carbons (Fsp3) is 0.100. The number of amides is 1. The third-order valence-corrected chi connectivity index (χ3v) is 4.99. The van der Waals surface area contributed by atoms with Gasteiger partial charge in [-0.25, -0.2) is 10.1 Å². The quantitative estimate of drug-likeness (QED) is 0.306. The largest absolute Gasteiger partial charge is 0.497 e. The molecule has 0 aliphatic rings. The Hall–Kier alpha value is -4.06. The summed E-state index contributed by atoms with van der Waals surface area (Å²) in [5, 5.41) is 19.6. The number of nitrogen functional groups attached to an aromatic ring is 1. The predicted molar refractivity (Wildman–Crippen MR) is 119 cm³/mol. The molecule has 4 aromatic rings. The highest BCUT2D eigenvalue weighted by molar-refractivity contribution is 9.10. The zero-order chi connectivity index (χ0) is 22.7. The van der Waals surface area contributed by atoms with E-state index in [1.54, 1.807) is 38.3 Å². The van der Waals surface area contributed by atoms with Crippen LogP contribution in [0.3, 0.4) is 0 Å². The Morgan fingerprint density at radius 1 is 1.22 bits per heavy atom. The second-order valence-electron chi connectivity index (χ2n) is 6.55. The van der Waals surface area contributed by atoms with E-state index in [2.05, 4.69) is 51.7 Å². The van der Waals surface area contributed by atoms with Crippen molar-refractivity contribution in [3.8, 4) is 22.8 Å². The van der Waals surface area contributed by atoms with Gasteiger partial charge in [-0.15, -0.1) is 5.10 Å². The van der Waals surface area contributed by atoms with Crippen molar-refractivity contribution in [2.24, 2.45) is 5.10 Å². The third-order valence-electron chi connectivity index (χ3n) is 4.49. The van der Waals surface area contributed by atoms with E-state index in [9.17, 15) is 4.79 Å². The van der Waals surface area contributed by atoms with E-state index in [1.807, 2.05) is 24.3 Å². The molecule has 12 heteroatoms. The number of ether oxygens (including phenoxy) is 1. The summed E-state index contributed by atoms with van der Waals surface area (Å²) in [5.41, 5.74) is 10.7. The predicted octanol–water partition coefficient (Wildman–Crippen LogP) is 2.82. The van der Waals surface area contributed by atoms with Gasteiger partial charge in [-0.05, 0) is 47.1 Å². The molecular weight excluding hydrogens is 480 g/mol. The SMILES string of the molecule is COc1cccc(-c2c(C(=O)N/N=C(/C)c3cccc(Br)c3)nnn2-c2nonc2N)c1. The van der Waals surface area contributed by atoms with Crippen molar-refractivity contribution in [2.45, 2.75) is 6.92 Å². The lowest BCUT2D eigenvalue weighted by Crippen LogP contribution is -2.21. The van der Waals surface area contributed by atoms with Crippen LogP contribution in [0.15, 0.2) is 62.7 Å². The Morgan fingerprint density at radius 3 is 2.75 bits per heavy atom. The number of benzene rings is 2. The van der Waals surface area contributed by atoms with Crippen LogP contribution in [0.4, 0.5) is 5.82 Å². The number of carbonyl (C=O) groups is 1. The van der Waals surface area contributed by atoms with Gasteiger partial charge in [0.15, 0.2) is 5.69 Å². The second kappa shape index (κ2) is 8.98. The number of methoxy groups -OCH3 is 1. The number of aromatic nitrogens is 5. The zero-order valence-corrected chi connectivity index (χ0v) is 18.6. The number of nitrogens with one attached hydrogen (secondary N) is 1. The Kier molecular flexibility index (Phi) is 5.94. The van der Waals surface area contributed by atoms with Crippen molar-refractivity contribution >= 4 is 33.4 Å². The van der Waals surface area contributed by atoms with E-state index in [1.165, 1.54) is 4.68 Å². The summed E-state index contributed by atoms with van der Waals surface area (Å²) in [6.07, 6.45) is 0. The molecule has 0 atom stereocenters. The lowest BCUT2D eigenvalue weighted by atomic mass is 10.1. The van der Waals surface area contributed by atoms with Crippen molar-refractivity contribution in [3.05, 3.63) is 64.3 Å². The smallest absolute Gasteiger partial charge is 0.294 e. The number of nitrogens with two attached hydrogens (primary N) is 1. The van der Waals surface area contributed by atoms with Gasteiger partial charge in [-0.2, -0.15) is 9.78 Å². The summed E-state index contributed by atoms with van der Waals surface area (Å²) in [6, 6.07) is 14.6. The summed E-state index contributed by atoms with van der Waals surface area (Å²) in [6.45, 7) is 1.78. The maximum Gasteiger partial charge on any atom is 0.294 e. The van der Waals surface area contributed by atoms with E-state index in [0.29, 0.717) is 22.7 Å². The third kappa shape index (κ3) is 4.21. The molecular formula is C20H17BrN8O3. The standard InChI is InChI=1S/C20H17BrN8O3/c1-11(12-5-3-7-14(21)9-12)23-25-20(30)16-17(13-6-4-8-15(10-13)31-2)29(28-24-16)19-18(22)26-32-27-19/h3-10H,1-2H3,(H2,22,26)(H,25,30)/b23-11-. The van der Waals surface area contributed by atoms with E-state index < -0.39 is 5.91 Å². The molecule has 162 valence electrons. The molecule has 2 aromatic carbocycles. The summed E-state index contributed by atoms with van der Waals surface area (Å²) in [4.78, 5) is 13.0. The number of anilines is 1. The molecule has 0 saturated heterocycles. The maximum atomic E-state index is 13.0. The van der Waals surface area contributed by atoms with Crippen molar-refractivity contribution in [1.82, 2.24) is 30.7 Å². The first kappa shape index (κ1) is 21.2. The van der Waals surface area contributed by atoms with Crippen LogP contribution < -0.4 is 15.9 Å². The Labute approximate surface area is 190 Å². The zero-order valence-electron chi connectivity index (χ0n) is 17.0. The molecule has 0 aliphatic carbocycles. The van der Waals surface area contributed by atoms with Crippen LogP contribution in [0.25, 0.3) is 17.1 Å². The lowest BCUT2D eigenvalue weighted by Gasteiger charge is -2.08. The second-order valence-corrected chi connectivity index (χ2v) is 7.47. The minimum Gasteiger partial charge on any atom is -0.497 e. The molecule has 2 aromatic heterocycles. The van der Waals surface area contributed by atoms with Crippen LogP contribution in [0.5, 0.6) is 5.75 Å². The van der Waals surface area contributed by atoms with Crippen molar-refractivity contribution in [2.75, 3.05) is 12.8 Å². The summed E-state index contributed by atoms with van der Waals surface area (Å²) >= 11 is 3.42. The van der Waals surface area contributed by atoms with Gasteiger partial charge in [0.2, 0.25) is 11.6 Å². The molecule has 1 amide bonds. The molecule has 4 rings (SSSR count). The van der Waals surface area contributed by atoms with E-state index >= 15 is 0 Å². The van der Waals surface area contributed by atoms with E-state index in [0.717, 1.165) is 10.0 Å². The van der Waals surface area contributed by atoms with Crippen LogP contribution in [0.1, 0.15) is 23.0 Å². The molecule has 0 fully saturated rings. The normalized spacial score (nSPS) is 11.4. The first-order chi connectivity index (χ1) is 15.5. The molecule has 11 nitrogen and oxygen atoms in total. The molecule has 0 spiro atoms. The number of rotatable bonds is 6. The summed E-state index contributed by atoms with van der Waals surface area (Å²) in [7, 11) is 1.54. The Balaban J connectivity index is 1.73. The fourth-order valence-electron chi connectivity index (χ4n) is 2.92. The lowest BCUT2D eigenvalue weighted by molar-refractivity contribution is 0.0950. The van der Waals surface area contributed by atoms with E-state index in [4.69, 9.17) is 10.5 Å². The first-order valence-corrected chi connectivity index (χ1v) is 10.1. The number of carbonyl (C=O) groups excluding carboxylic acids is 1.